The Morgan fingerprint density at radius 3 is 2.46 bits per heavy atom. The number of hydrogen-bond donors (Lipinski definition) is 3. The van der Waals surface area contributed by atoms with E-state index in [1.54, 1.807) is 4.90 Å². The van der Waals surface area contributed by atoms with Gasteiger partial charge in [0.15, 0.2) is 0 Å². The molecule has 0 amide bonds. The van der Waals surface area contributed by atoms with E-state index in [-0.39, 0.29) is 24.7 Å². The van der Waals surface area contributed by atoms with Crippen LogP contribution in [0.1, 0.15) is 18.4 Å². The number of aliphatic hydroxyl groups excluding tert-OH is 3. The molecule has 1 aromatic heterocycles. The van der Waals surface area contributed by atoms with Crippen LogP contribution in [0.15, 0.2) is 18.5 Å². The molecule has 146 valence electrons. The van der Waals surface area contributed by atoms with Gasteiger partial charge in [0.25, 0.3) is 0 Å². The number of rotatable bonds is 3. The van der Waals surface area contributed by atoms with Crippen molar-refractivity contribution in [2.45, 2.75) is 37.3 Å². The van der Waals surface area contributed by atoms with Crippen LogP contribution < -0.4 is 4.90 Å². The van der Waals surface area contributed by atoms with Crippen LogP contribution >= 0.6 is 0 Å². The van der Waals surface area contributed by atoms with Crippen molar-refractivity contribution in [1.82, 2.24) is 9.88 Å². The van der Waals surface area contributed by atoms with Gasteiger partial charge in [-0.05, 0) is 24.8 Å². The Morgan fingerprint density at radius 2 is 1.81 bits per heavy atom. The normalized spacial score (nSPS) is 31.2. The number of likely N-dealkylation sites (tertiary alicyclic amines) is 1. The average molecular weight is 375 g/mol. The Kier molecular flexibility index (Phi) is 5.71. The first-order chi connectivity index (χ1) is 12.3. The molecule has 3 heterocycles. The minimum absolute atomic E-state index is 0.0961. The first kappa shape index (κ1) is 19.3. The van der Waals surface area contributed by atoms with Gasteiger partial charge in [-0.15, -0.1) is 0 Å². The maximum atomic E-state index is 13.3. The van der Waals surface area contributed by atoms with Gasteiger partial charge in [0.2, 0.25) is 0 Å². The van der Waals surface area contributed by atoms with Crippen LogP contribution in [-0.2, 0) is 6.18 Å². The fourth-order valence-corrected chi connectivity index (χ4v) is 3.90. The van der Waals surface area contributed by atoms with Crippen molar-refractivity contribution in [3.63, 3.8) is 0 Å². The van der Waals surface area contributed by atoms with Crippen LogP contribution in [-0.4, -0.2) is 76.2 Å². The van der Waals surface area contributed by atoms with Crippen LogP contribution in [0.3, 0.4) is 0 Å². The number of aromatic nitrogens is 1. The Labute approximate surface area is 149 Å². The molecule has 0 bridgehead atoms. The van der Waals surface area contributed by atoms with Crippen molar-refractivity contribution in [1.29, 1.82) is 0 Å². The standard InChI is InChI=1S/C17H24F3N3O3/c18-17(19,20)12-3-4-21-6-13(12)23-5-1-2-11(8-23)7-22-9-14(24)16(26)15(25)10-22/h3-4,6,11,14-16,24-26H,1-2,5,7-10H2/t11-,14-,15+,16+/m1/s1. The number of alkyl halides is 3. The molecule has 0 radical (unpaired) electrons. The highest BCUT2D eigenvalue weighted by molar-refractivity contribution is 5.53. The molecule has 0 aliphatic carbocycles. The summed E-state index contributed by atoms with van der Waals surface area (Å²) in [6, 6.07) is 0.998. The number of hydrogen-bond acceptors (Lipinski definition) is 6. The number of nitrogens with zero attached hydrogens (tertiary/aromatic N) is 3. The summed E-state index contributed by atoms with van der Waals surface area (Å²) in [6.45, 7) is 2.04. The highest BCUT2D eigenvalue weighted by atomic mass is 19.4. The summed E-state index contributed by atoms with van der Waals surface area (Å²) in [5.74, 6) is 0.111. The van der Waals surface area contributed by atoms with E-state index in [1.165, 1.54) is 6.20 Å². The number of halogens is 3. The zero-order chi connectivity index (χ0) is 18.9. The molecule has 4 atom stereocenters. The van der Waals surface area contributed by atoms with Gasteiger partial charge in [-0.3, -0.25) is 9.88 Å². The molecular formula is C17H24F3N3O3. The maximum absolute atomic E-state index is 13.3. The van der Waals surface area contributed by atoms with Gasteiger partial charge in [-0.2, -0.15) is 13.2 Å². The third-order valence-corrected chi connectivity index (χ3v) is 5.16. The second-order valence-corrected chi connectivity index (χ2v) is 7.19. The summed E-state index contributed by atoms with van der Waals surface area (Å²) >= 11 is 0. The second-order valence-electron chi connectivity index (χ2n) is 7.19. The van der Waals surface area contributed by atoms with Gasteiger partial charge < -0.3 is 20.2 Å². The molecule has 2 aliphatic rings. The Hall–Kier alpha value is -1.42. The van der Waals surface area contributed by atoms with E-state index in [2.05, 4.69) is 4.98 Å². The van der Waals surface area contributed by atoms with E-state index in [0.29, 0.717) is 19.6 Å². The van der Waals surface area contributed by atoms with Crippen LogP contribution in [0.5, 0.6) is 0 Å². The van der Waals surface area contributed by atoms with Gasteiger partial charge in [0.1, 0.15) is 6.10 Å². The van der Waals surface area contributed by atoms with Gasteiger partial charge in [0, 0.05) is 38.9 Å². The van der Waals surface area contributed by atoms with Gasteiger partial charge >= 0.3 is 6.18 Å². The third-order valence-electron chi connectivity index (χ3n) is 5.16. The monoisotopic (exact) mass is 375 g/mol. The molecular weight excluding hydrogens is 351 g/mol. The zero-order valence-corrected chi connectivity index (χ0v) is 14.3. The van der Waals surface area contributed by atoms with E-state index in [9.17, 15) is 28.5 Å². The second kappa shape index (κ2) is 7.67. The zero-order valence-electron chi connectivity index (χ0n) is 14.3. The minimum Gasteiger partial charge on any atom is -0.389 e. The quantitative estimate of drug-likeness (QED) is 0.722. The number of pyridine rings is 1. The molecule has 9 heteroatoms. The third kappa shape index (κ3) is 4.28. The molecule has 0 spiro atoms. The number of piperidine rings is 2. The van der Waals surface area contributed by atoms with Crippen molar-refractivity contribution in [3.05, 3.63) is 24.0 Å². The first-order valence-electron chi connectivity index (χ1n) is 8.78. The summed E-state index contributed by atoms with van der Waals surface area (Å²) in [7, 11) is 0. The molecule has 1 aromatic rings. The minimum atomic E-state index is -4.43. The number of β-amino-alcohol motifs (C(OH)–C–C–N with tert-alkyl or cyclic N) is 2. The number of aliphatic hydroxyl groups is 3. The van der Waals surface area contributed by atoms with Crippen LogP contribution in [0.4, 0.5) is 18.9 Å². The Balaban J connectivity index is 1.67. The average Bonchev–Trinajstić information content (AvgIpc) is 2.59. The largest absolute Gasteiger partial charge is 0.418 e. The fraction of sp³-hybridized carbons (Fsp3) is 0.706. The van der Waals surface area contributed by atoms with E-state index in [0.717, 1.165) is 25.1 Å². The summed E-state index contributed by atoms with van der Waals surface area (Å²) < 4.78 is 39.8. The molecule has 0 aromatic carbocycles. The van der Waals surface area contributed by atoms with Crippen LogP contribution in [0, 0.1) is 5.92 Å². The lowest BCUT2D eigenvalue weighted by atomic mass is 9.94. The summed E-state index contributed by atoms with van der Waals surface area (Å²) in [5.41, 5.74) is -0.584. The first-order valence-corrected chi connectivity index (χ1v) is 8.78. The summed E-state index contributed by atoms with van der Waals surface area (Å²) in [5, 5.41) is 29.2. The SMILES string of the molecule is O[C@H]1[C@H](O)CN(C[C@H]2CCCN(c3cnccc3C(F)(F)F)C2)C[C@@H]1O. The molecule has 3 N–H and O–H groups in total. The predicted octanol–water partition coefficient (Wildman–Crippen LogP) is 0.715. The maximum Gasteiger partial charge on any atom is 0.418 e. The fourth-order valence-electron chi connectivity index (χ4n) is 3.90. The molecule has 0 saturated carbocycles. The predicted molar refractivity (Wildman–Crippen MR) is 88.6 cm³/mol. The lowest BCUT2D eigenvalue weighted by molar-refractivity contribution is -0.137. The van der Waals surface area contributed by atoms with Crippen molar-refractivity contribution < 1.29 is 28.5 Å². The van der Waals surface area contributed by atoms with Crippen molar-refractivity contribution >= 4 is 5.69 Å². The lowest BCUT2D eigenvalue weighted by Crippen LogP contribution is -2.56. The molecule has 2 aliphatic heterocycles. The highest BCUT2D eigenvalue weighted by Gasteiger charge is 2.37. The van der Waals surface area contributed by atoms with E-state index < -0.39 is 30.1 Å². The summed E-state index contributed by atoms with van der Waals surface area (Å²) in [6.07, 6.45) is -3.59. The number of anilines is 1. The van der Waals surface area contributed by atoms with Crippen LogP contribution in [0.2, 0.25) is 0 Å². The van der Waals surface area contributed by atoms with E-state index in [4.69, 9.17) is 0 Å². The highest BCUT2D eigenvalue weighted by Crippen LogP contribution is 2.37. The lowest BCUT2D eigenvalue weighted by Gasteiger charge is -2.41. The Bertz CT molecular complexity index is 604. The molecule has 0 unspecified atom stereocenters. The van der Waals surface area contributed by atoms with Gasteiger partial charge in [-0.1, -0.05) is 0 Å². The smallest absolute Gasteiger partial charge is 0.389 e. The van der Waals surface area contributed by atoms with Crippen LogP contribution in [0.25, 0.3) is 0 Å². The Morgan fingerprint density at radius 1 is 1.12 bits per heavy atom. The topological polar surface area (TPSA) is 80.1 Å². The van der Waals surface area contributed by atoms with Crippen molar-refractivity contribution in [3.8, 4) is 0 Å². The molecule has 26 heavy (non-hydrogen) atoms. The van der Waals surface area contributed by atoms with E-state index in [1.807, 2.05) is 4.90 Å². The molecule has 2 saturated heterocycles. The molecule has 6 nitrogen and oxygen atoms in total. The van der Waals surface area contributed by atoms with Crippen molar-refractivity contribution in [2.24, 2.45) is 5.92 Å². The molecule has 2 fully saturated rings. The van der Waals surface area contributed by atoms with E-state index >= 15 is 0 Å². The van der Waals surface area contributed by atoms with Gasteiger partial charge in [-0.25, -0.2) is 0 Å². The van der Waals surface area contributed by atoms with Crippen molar-refractivity contribution in [2.75, 3.05) is 37.6 Å². The van der Waals surface area contributed by atoms with Gasteiger partial charge in [0.05, 0.1) is 29.7 Å². The summed E-state index contributed by atoms with van der Waals surface area (Å²) in [4.78, 5) is 7.44. The molecule has 3 rings (SSSR count).